The molecule has 1 aliphatic rings. The van der Waals surface area contributed by atoms with Crippen molar-refractivity contribution in [3.05, 3.63) is 35.4 Å². The third-order valence-electron chi connectivity index (χ3n) is 4.69. The van der Waals surface area contributed by atoms with Gasteiger partial charge in [-0.15, -0.1) is 0 Å². The number of hydrogen-bond donors (Lipinski definition) is 1. The fourth-order valence-corrected chi connectivity index (χ4v) is 3.13. The van der Waals surface area contributed by atoms with E-state index >= 15 is 0 Å². The van der Waals surface area contributed by atoms with Gasteiger partial charge in [-0.25, -0.2) is 0 Å². The van der Waals surface area contributed by atoms with Crippen LogP contribution in [-0.4, -0.2) is 6.54 Å². The first-order valence-electron chi connectivity index (χ1n) is 7.78. The van der Waals surface area contributed by atoms with Gasteiger partial charge in [0.05, 0.1) is 5.56 Å². The van der Waals surface area contributed by atoms with Crippen molar-refractivity contribution in [2.75, 3.05) is 6.54 Å². The third-order valence-corrected chi connectivity index (χ3v) is 4.69. The normalized spacial score (nSPS) is 24.8. The van der Waals surface area contributed by atoms with Crippen LogP contribution < -0.4 is 5.32 Å². The molecule has 1 aromatic rings. The van der Waals surface area contributed by atoms with Crippen LogP contribution in [0.15, 0.2) is 24.3 Å². The van der Waals surface area contributed by atoms with Crippen molar-refractivity contribution < 1.29 is 13.2 Å². The Morgan fingerprint density at radius 3 is 2.62 bits per heavy atom. The summed E-state index contributed by atoms with van der Waals surface area (Å²) in [6.07, 6.45) is 0.802. The van der Waals surface area contributed by atoms with Gasteiger partial charge in [-0.3, -0.25) is 0 Å². The molecule has 21 heavy (non-hydrogen) atoms. The second-order valence-corrected chi connectivity index (χ2v) is 6.27. The molecule has 1 N–H and O–H groups in total. The zero-order valence-electron chi connectivity index (χ0n) is 12.7. The van der Waals surface area contributed by atoms with Crippen molar-refractivity contribution in [3.8, 4) is 0 Å². The van der Waals surface area contributed by atoms with Gasteiger partial charge in [0, 0.05) is 6.04 Å². The number of hydrogen-bond acceptors (Lipinski definition) is 1. The van der Waals surface area contributed by atoms with Crippen LogP contribution in [-0.2, 0) is 6.18 Å². The summed E-state index contributed by atoms with van der Waals surface area (Å²) in [6.45, 7) is 5.10. The van der Waals surface area contributed by atoms with E-state index in [1.807, 2.05) is 6.92 Å². The minimum Gasteiger partial charge on any atom is -0.310 e. The van der Waals surface area contributed by atoms with Crippen LogP contribution in [0.5, 0.6) is 0 Å². The second kappa shape index (κ2) is 6.82. The maximum Gasteiger partial charge on any atom is 0.416 e. The Kier molecular flexibility index (Phi) is 5.31. The van der Waals surface area contributed by atoms with E-state index in [2.05, 4.69) is 12.2 Å². The lowest BCUT2D eigenvalue weighted by atomic mass is 9.80. The first kappa shape index (κ1) is 16.3. The molecule has 0 spiro atoms. The molecule has 2 rings (SSSR count). The van der Waals surface area contributed by atoms with Gasteiger partial charge in [-0.05, 0) is 49.4 Å². The van der Waals surface area contributed by atoms with Crippen LogP contribution in [0.3, 0.4) is 0 Å². The van der Waals surface area contributed by atoms with E-state index in [1.54, 1.807) is 6.07 Å². The standard InChI is InChI=1S/C17H24F3N/c1-12-6-3-4-7-15(12)11-21-13(2)14-8-5-9-16(10-14)17(18,19)20/h5,8-10,12-13,15,21H,3-4,6-7,11H2,1-2H3. The molecule has 0 aliphatic heterocycles. The van der Waals surface area contributed by atoms with Crippen LogP contribution in [0.4, 0.5) is 13.2 Å². The Morgan fingerprint density at radius 2 is 1.95 bits per heavy atom. The van der Waals surface area contributed by atoms with Gasteiger partial charge in [-0.2, -0.15) is 13.2 Å². The molecular formula is C17H24F3N. The van der Waals surface area contributed by atoms with E-state index in [0.717, 1.165) is 12.6 Å². The molecule has 1 nitrogen and oxygen atoms in total. The minimum atomic E-state index is -4.27. The molecule has 0 saturated heterocycles. The van der Waals surface area contributed by atoms with E-state index in [0.29, 0.717) is 17.4 Å². The summed E-state index contributed by atoms with van der Waals surface area (Å²) in [4.78, 5) is 0. The molecule has 3 atom stereocenters. The van der Waals surface area contributed by atoms with Crippen molar-refractivity contribution in [1.82, 2.24) is 5.32 Å². The smallest absolute Gasteiger partial charge is 0.310 e. The summed E-state index contributed by atoms with van der Waals surface area (Å²) in [5.41, 5.74) is 0.132. The topological polar surface area (TPSA) is 12.0 Å². The highest BCUT2D eigenvalue weighted by Crippen LogP contribution is 2.32. The van der Waals surface area contributed by atoms with E-state index in [1.165, 1.54) is 37.8 Å². The number of alkyl halides is 3. The van der Waals surface area contributed by atoms with Crippen molar-refractivity contribution >= 4 is 0 Å². The lowest BCUT2D eigenvalue weighted by Crippen LogP contribution is -2.31. The maximum absolute atomic E-state index is 12.7. The van der Waals surface area contributed by atoms with Crippen molar-refractivity contribution in [3.63, 3.8) is 0 Å². The predicted octanol–water partition coefficient (Wildman–Crippen LogP) is 5.18. The van der Waals surface area contributed by atoms with E-state index in [9.17, 15) is 13.2 Å². The van der Waals surface area contributed by atoms with Crippen molar-refractivity contribution in [1.29, 1.82) is 0 Å². The van der Waals surface area contributed by atoms with Crippen molar-refractivity contribution in [2.24, 2.45) is 11.8 Å². The fraction of sp³-hybridized carbons (Fsp3) is 0.647. The van der Waals surface area contributed by atoms with Gasteiger partial charge in [-0.1, -0.05) is 38.3 Å². The zero-order chi connectivity index (χ0) is 15.5. The Morgan fingerprint density at radius 1 is 1.24 bits per heavy atom. The summed E-state index contributed by atoms with van der Waals surface area (Å²) < 4.78 is 38.2. The van der Waals surface area contributed by atoms with Gasteiger partial charge >= 0.3 is 6.18 Å². The Bertz CT molecular complexity index is 456. The second-order valence-electron chi connectivity index (χ2n) is 6.27. The number of nitrogens with one attached hydrogen (secondary N) is 1. The first-order valence-corrected chi connectivity index (χ1v) is 7.78. The van der Waals surface area contributed by atoms with Gasteiger partial charge in [0.1, 0.15) is 0 Å². The van der Waals surface area contributed by atoms with Gasteiger partial charge in [0.2, 0.25) is 0 Å². The molecule has 0 aromatic heterocycles. The summed E-state index contributed by atoms with van der Waals surface area (Å²) in [7, 11) is 0. The molecule has 0 radical (unpaired) electrons. The number of halogens is 3. The molecule has 1 aromatic carbocycles. The van der Waals surface area contributed by atoms with Crippen molar-refractivity contribution in [2.45, 2.75) is 51.7 Å². The van der Waals surface area contributed by atoms with E-state index in [4.69, 9.17) is 0 Å². The zero-order valence-corrected chi connectivity index (χ0v) is 12.7. The Labute approximate surface area is 124 Å². The average Bonchev–Trinajstić information content (AvgIpc) is 2.45. The quantitative estimate of drug-likeness (QED) is 0.807. The fourth-order valence-electron chi connectivity index (χ4n) is 3.13. The Balaban J connectivity index is 1.95. The molecule has 1 fully saturated rings. The van der Waals surface area contributed by atoms with Crippen LogP contribution in [0.25, 0.3) is 0 Å². The minimum absolute atomic E-state index is 0.0542. The average molecular weight is 299 g/mol. The van der Waals surface area contributed by atoms with Crippen LogP contribution >= 0.6 is 0 Å². The van der Waals surface area contributed by atoms with Crippen LogP contribution in [0, 0.1) is 11.8 Å². The Hall–Kier alpha value is -1.03. The van der Waals surface area contributed by atoms with E-state index < -0.39 is 11.7 Å². The SMILES string of the molecule is CC(NCC1CCCCC1C)c1cccc(C(F)(F)F)c1. The summed E-state index contributed by atoms with van der Waals surface area (Å²) in [5.74, 6) is 1.35. The molecule has 0 amide bonds. The molecule has 0 bridgehead atoms. The van der Waals surface area contributed by atoms with Gasteiger partial charge < -0.3 is 5.32 Å². The molecular weight excluding hydrogens is 275 g/mol. The highest BCUT2D eigenvalue weighted by molar-refractivity contribution is 5.27. The highest BCUT2D eigenvalue weighted by atomic mass is 19.4. The highest BCUT2D eigenvalue weighted by Gasteiger charge is 2.30. The summed E-state index contributed by atoms with van der Waals surface area (Å²) >= 11 is 0. The van der Waals surface area contributed by atoms with Crippen LogP contribution in [0.2, 0.25) is 0 Å². The van der Waals surface area contributed by atoms with Crippen LogP contribution in [0.1, 0.15) is 56.7 Å². The maximum atomic E-state index is 12.7. The third kappa shape index (κ3) is 4.47. The largest absolute Gasteiger partial charge is 0.416 e. The van der Waals surface area contributed by atoms with Gasteiger partial charge in [0.15, 0.2) is 0 Å². The molecule has 4 heteroatoms. The predicted molar refractivity (Wildman–Crippen MR) is 79.0 cm³/mol. The lowest BCUT2D eigenvalue weighted by Gasteiger charge is -2.30. The number of rotatable bonds is 4. The van der Waals surface area contributed by atoms with Gasteiger partial charge in [0.25, 0.3) is 0 Å². The summed E-state index contributed by atoms with van der Waals surface area (Å²) in [5, 5.41) is 3.41. The van der Waals surface area contributed by atoms with E-state index in [-0.39, 0.29) is 6.04 Å². The first-order chi connectivity index (χ1) is 9.88. The lowest BCUT2D eigenvalue weighted by molar-refractivity contribution is -0.137. The monoisotopic (exact) mass is 299 g/mol. The molecule has 1 aliphatic carbocycles. The molecule has 118 valence electrons. The molecule has 3 unspecified atom stereocenters. The number of benzene rings is 1. The molecule has 1 saturated carbocycles. The summed E-state index contributed by atoms with van der Waals surface area (Å²) in [6, 6.07) is 5.57. The molecule has 0 heterocycles.